The van der Waals surface area contributed by atoms with E-state index < -0.39 is 5.54 Å². The summed E-state index contributed by atoms with van der Waals surface area (Å²) in [5.74, 6) is 1.96. The van der Waals surface area contributed by atoms with Crippen LogP contribution in [0.25, 0.3) is 0 Å². The molecule has 4 rings (SSSR count). The average Bonchev–Trinajstić information content (AvgIpc) is 3.50. The molecule has 3 amide bonds. The topological polar surface area (TPSA) is 96.5 Å². The minimum Gasteiger partial charge on any atom is -0.493 e. The van der Waals surface area contributed by atoms with Gasteiger partial charge in [-0.1, -0.05) is 6.07 Å². The highest BCUT2D eigenvalue weighted by Gasteiger charge is 2.28. The van der Waals surface area contributed by atoms with Crippen molar-refractivity contribution in [1.82, 2.24) is 24.9 Å². The Kier molecular flexibility index (Phi) is 5.92. The zero-order valence-corrected chi connectivity index (χ0v) is 17.9. The molecule has 1 aromatic carbocycles. The monoisotopic (exact) mass is 427 g/mol. The van der Waals surface area contributed by atoms with Crippen LogP contribution in [0.2, 0.25) is 0 Å². The minimum absolute atomic E-state index is 0.0632. The molecule has 0 radical (unpaired) electrons. The molecule has 1 saturated heterocycles. The van der Waals surface area contributed by atoms with E-state index >= 15 is 0 Å². The molecule has 2 fully saturated rings. The minimum atomic E-state index is -0.477. The first-order valence-electron chi connectivity index (χ1n) is 9.96. The Labute approximate surface area is 179 Å². The van der Waals surface area contributed by atoms with Gasteiger partial charge in [-0.25, -0.2) is 19.5 Å². The van der Waals surface area contributed by atoms with Gasteiger partial charge in [-0.2, -0.15) is 0 Å². The third kappa shape index (κ3) is 5.28. The fraction of sp³-hybridized carbons (Fsp3) is 0.429. The highest BCUT2D eigenvalue weighted by atomic mass is 32.2. The van der Waals surface area contributed by atoms with Gasteiger partial charge in [0, 0.05) is 22.9 Å². The van der Waals surface area contributed by atoms with Crippen molar-refractivity contribution < 1.29 is 14.3 Å². The first-order chi connectivity index (χ1) is 14.4. The Hall–Kier alpha value is -2.65. The molecule has 158 valence electrons. The maximum Gasteiger partial charge on any atom is 0.324 e. The van der Waals surface area contributed by atoms with Crippen LogP contribution in [-0.2, 0) is 16.9 Å². The molecule has 0 spiro atoms. The van der Waals surface area contributed by atoms with Crippen molar-refractivity contribution in [2.75, 3.05) is 13.2 Å². The summed E-state index contributed by atoms with van der Waals surface area (Å²) >= 11 is 1.51. The van der Waals surface area contributed by atoms with Gasteiger partial charge in [-0.3, -0.25) is 10.1 Å². The molecular formula is C21H25N5O3S. The second-order valence-electron chi connectivity index (χ2n) is 8.18. The van der Waals surface area contributed by atoms with Crippen LogP contribution in [0.15, 0.2) is 41.6 Å². The highest BCUT2D eigenvalue weighted by molar-refractivity contribution is 7.97. The van der Waals surface area contributed by atoms with Gasteiger partial charge < -0.3 is 9.64 Å². The highest BCUT2D eigenvalue weighted by Crippen LogP contribution is 2.31. The summed E-state index contributed by atoms with van der Waals surface area (Å²) < 4.78 is 9.27. The van der Waals surface area contributed by atoms with Gasteiger partial charge in [-0.15, -0.1) is 0 Å². The van der Waals surface area contributed by atoms with Crippen molar-refractivity contribution in [3.8, 4) is 5.75 Å². The molecule has 1 saturated carbocycles. The maximum atomic E-state index is 11.7. The van der Waals surface area contributed by atoms with Gasteiger partial charge in [-0.05, 0) is 62.8 Å². The van der Waals surface area contributed by atoms with E-state index in [0.717, 1.165) is 28.7 Å². The van der Waals surface area contributed by atoms with Crippen molar-refractivity contribution >= 4 is 23.9 Å². The van der Waals surface area contributed by atoms with Crippen molar-refractivity contribution in [2.24, 2.45) is 5.92 Å². The first kappa shape index (κ1) is 20.6. The summed E-state index contributed by atoms with van der Waals surface area (Å²) in [5, 5.41) is 2.26. The summed E-state index contributed by atoms with van der Waals surface area (Å²) in [6, 6.07) is 7.65. The van der Waals surface area contributed by atoms with Crippen LogP contribution in [-0.4, -0.2) is 40.0 Å². The van der Waals surface area contributed by atoms with Gasteiger partial charge in [0.2, 0.25) is 5.91 Å². The van der Waals surface area contributed by atoms with E-state index in [4.69, 9.17) is 4.74 Å². The molecule has 2 aliphatic rings. The number of amides is 3. The number of hydrogen-bond donors (Lipinski definition) is 2. The summed E-state index contributed by atoms with van der Waals surface area (Å²) in [4.78, 5) is 34.4. The number of nitrogens with zero attached hydrogens (tertiary/aromatic N) is 3. The molecule has 1 aliphatic heterocycles. The lowest BCUT2D eigenvalue weighted by Gasteiger charge is -2.24. The van der Waals surface area contributed by atoms with E-state index in [2.05, 4.69) is 20.0 Å². The zero-order chi connectivity index (χ0) is 21.1. The van der Waals surface area contributed by atoms with Crippen LogP contribution in [0.5, 0.6) is 5.75 Å². The molecule has 0 unspecified atom stereocenters. The Morgan fingerprint density at radius 2 is 2.03 bits per heavy atom. The van der Waals surface area contributed by atoms with Crippen LogP contribution >= 0.6 is 11.9 Å². The maximum absolute atomic E-state index is 11.7. The smallest absolute Gasteiger partial charge is 0.324 e. The number of benzene rings is 1. The van der Waals surface area contributed by atoms with Crippen LogP contribution in [0, 0.1) is 5.92 Å². The first-order valence-corrected chi connectivity index (χ1v) is 10.8. The normalized spacial score (nSPS) is 16.7. The predicted octanol–water partition coefficient (Wildman–Crippen LogP) is 2.85. The Morgan fingerprint density at radius 1 is 1.27 bits per heavy atom. The number of nitrogens with one attached hydrogen (secondary N) is 2. The number of urea groups is 1. The Bertz CT molecular complexity index is 930. The SMILES string of the molecule is CC(C)(NSc1cccc(OCC2CC2)c1)c1ncc(CN2CC(=O)NC2=O)cn1. The molecule has 2 aromatic rings. The van der Waals surface area contributed by atoms with E-state index in [1.165, 1.54) is 29.7 Å². The lowest BCUT2D eigenvalue weighted by Crippen LogP contribution is -2.33. The predicted molar refractivity (Wildman–Crippen MR) is 113 cm³/mol. The summed E-state index contributed by atoms with van der Waals surface area (Å²) in [5.41, 5.74) is 0.294. The number of carbonyl (C=O) groups excluding carboxylic acids is 2. The fourth-order valence-corrected chi connectivity index (χ4v) is 3.73. The summed E-state index contributed by atoms with van der Waals surface area (Å²) in [6.45, 7) is 5.17. The van der Waals surface area contributed by atoms with Crippen molar-refractivity contribution in [1.29, 1.82) is 0 Å². The molecule has 0 bridgehead atoms. The van der Waals surface area contributed by atoms with Crippen LogP contribution in [0.3, 0.4) is 0 Å². The summed E-state index contributed by atoms with van der Waals surface area (Å²) in [6.07, 6.45) is 5.93. The van der Waals surface area contributed by atoms with Gasteiger partial charge in [0.1, 0.15) is 18.1 Å². The zero-order valence-electron chi connectivity index (χ0n) is 17.1. The van der Waals surface area contributed by atoms with Gasteiger partial charge in [0.15, 0.2) is 0 Å². The van der Waals surface area contributed by atoms with E-state index in [9.17, 15) is 9.59 Å². The van der Waals surface area contributed by atoms with E-state index in [1.807, 2.05) is 38.1 Å². The number of rotatable bonds is 9. The lowest BCUT2D eigenvalue weighted by atomic mass is 10.1. The van der Waals surface area contributed by atoms with Crippen molar-refractivity contribution in [3.05, 3.63) is 48.0 Å². The summed E-state index contributed by atoms with van der Waals surface area (Å²) in [7, 11) is 0. The molecule has 2 N–H and O–H groups in total. The number of carbonyl (C=O) groups is 2. The van der Waals surface area contributed by atoms with Crippen molar-refractivity contribution in [2.45, 2.75) is 43.7 Å². The van der Waals surface area contributed by atoms with Crippen molar-refractivity contribution in [3.63, 3.8) is 0 Å². The molecule has 8 nitrogen and oxygen atoms in total. The Balaban J connectivity index is 1.33. The molecule has 0 atom stereocenters. The lowest BCUT2D eigenvalue weighted by molar-refractivity contribution is -0.118. The Morgan fingerprint density at radius 3 is 2.70 bits per heavy atom. The molecular weight excluding hydrogens is 402 g/mol. The molecule has 9 heteroatoms. The van der Waals surface area contributed by atoms with E-state index in [0.29, 0.717) is 12.4 Å². The third-order valence-electron chi connectivity index (χ3n) is 4.92. The van der Waals surface area contributed by atoms with Crippen LogP contribution in [0.1, 0.15) is 38.1 Å². The standard InChI is InChI=1S/C21H25N5O3S/c1-21(2,25-30-17-5-3-4-16(8-17)29-13-14-6-7-14)19-22-9-15(10-23-19)11-26-12-18(27)24-20(26)28/h3-5,8-10,14,25H,6-7,11-13H2,1-2H3,(H,24,27,28). The van der Waals surface area contributed by atoms with Crippen LogP contribution < -0.4 is 14.8 Å². The molecule has 2 heterocycles. The van der Waals surface area contributed by atoms with E-state index in [-0.39, 0.29) is 18.5 Å². The van der Waals surface area contributed by atoms with Gasteiger partial charge in [0.25, 0.3) is 0 Å². The number of hydrogen-bond acceptors (Lipinski definition) is 7. The van der Waals surface area contributed by atoms with E-state index in [1.54, 1.807) is 12.4 Å². The quantitative estimate of drug-likeness (QED) is 0.469. The molecule has 30 heavy (non-hydrogen) atoms. The van der Waals surface area contributed by atoms with Crippen LogP contribution in [0.4, 0.5) is 4.79 Å². The number of aromatic nitrogens is 2. The molecule has 1 aliphatic carbocycles. The van der Waals surface area contributed by atoms with Gasteiger partial charge in [0.05, 0.1) is 18.7 Å². The number of ether oxygens (including phenoxy) is 1. The second-order valence-corrected chi connectivity index (χ2v) is 9.06. The second kappa shape index (κ2) is 8.61. The third-order valence-corrected chi connectivity index (χ3v) is 6.02. The van der Waals surface area contributed by atoms with Gasteiger partial charge >= 0.3 is 6.03 Å². The number of imide groups is 1. The largest absolute Gasteiger partial charge is 0.493 e. The fourth-order valence-electron chi connectivity index (χ4n) is 2.95. The average molecular weight is 428 g/mol. The molecule has 1 aromatic heterocycles.